The number of hydrogen-bond donors (Lipinski definition) is 0. The van der Waals surface area contributed by atoms with Crippen molar-refractivity contribution in [3.05, 3.63) is 219 Å². The molecule has 0 aliphatic carbocycles. The van der Waals surface area contributed by atoms with Crippen LogP contribution in [-0.2, 0) is 32.7 Å². The molecule has 0 aromatic carbocycles. The first-order chi connectivity index (χ1) is 46.0. The number of rotatable bonds is 64. The smallest absolute Gasteiger partial charge is 0.306 e. The Hall–Kier alpha value is -5.67. The van der Waals surface area contributed by atoms with Crippen molar-refractivity contribution in [1.29, 1.82) is 0 Å². The highest BCUT2D eigenvalue weighted by atomic mass is 31.2. The van der Waals surface area contributed by atoms with Crippen LogP contribution in [0.5, 0.6) is 0 Å². The molecule has 0 fully saturated rings. The molecule has 94 heavy (non-hydrogen) atoms. The molecule has 0 N–H and O–H groups in total. The fraction of sp³-hybridized carbons (Fsp3) is 0.548. The second-order valence-electron chi connectivity index (χ2n) is 24.5. The number of likely N-dealkylation sites (N-methyl/N-ethyl adjacent to an activating group) is 1. The minimum Gasteiger partial charge on any atom is -0.756 e. The lowest BCUT2D eigenvalue weighted by atomic mass is 10.1. The summed E-state index contributed by atoms with van der Waals surface area (Å²) in [5.74, 6) is -0.876. The lowest BCUT2D eigenvalue weighted by Gasteiger charge is -2.28. The van der Waals surface area contributed by atoms with Gasteiger partial charge in [-0.25, -0.2) is 0 Å². The number of hydrogen-bond acceptors (Lipinski definition) is 8. The average Bonchev–Trinajstić information content (AvgIpc) is 1.56. The predicted molar refractivity (Wildman–Crippen MR) is 405 cm³/mol. The third kappa shape index (κ3) is 75.4. The molecule has 0 heterocycles. The van der Waals surface area contributed by atoms with Crippen molar-refractivity contribution in [1.82, 2.24) is 0 Å². The van der Waals surface area contributed by atoms with Crippen LogP contribution in [0, 0.1) is 0 Å². The van der Waals surface area contributed by atoms with E-state index in [9.17, 15) is 19.0 Å². The Morgan fingerprint density at radius 3 is 0.851 bits per heavy atom. The Morgan fingerprint density at radius 2 is 0.574 bits per heavy atom. The fourth-order valence-corrected chi connectivity index (χ4v) is 9.72. The van der Waals surface area contributed by atoms with E-state index in [1.807, 2.05) is 21.1 Å². The normalized spacial score (nSPS) is 14.4. The third-order valence-corrected chi connectivity index (χ3v) is 15.5. The zero-order chi connectivity index (χ0) is 68.3. The largest absolute Gasteiger partial charge is 0.756 e. The van der Waals surface area contributed by atoms with E-state index in [1.165, 1.54) is 25.7 Å². The maximum Gasteiger partial charge on any atom is 0.306 e. The van der Waals surface area contributed by atoms with Crippen molar-refractivity contribution in [3.63, 3.8) is 0 Å². The van der Waals surface area contributed by atoms with Gasteiger partial charge in [0.2, 0.25) is 0 Å². The van der Waals surface area contributed by atoms with Crippen molar-refractivity contribution in [2.24, 2.45) is 0 Å². The van der Waals surface area contributed by atoms with Gasteiger partial charge in [0.1, 0.15) is 19.8 Å². The summed E-state index contributed by atoms with van der Waals surface area (Å²) in [7, 11) is 1.12. The molecule has 0 saturated heterocycles. The Morgan fingerprint density at radius 1 is 0.330 bits per heavy atom. The minimum absolute atomic E-state index is 0.0479. The molecule has 0 aromatic heterocycles. The van der Waals surface area contributed by atoms with Gasteiger partial charge in [-0.2, -0.15) is 0 Å². The zero-order valence-corrected chi connectivity index (χ0v) is 60.7. The molecule has 0 rings (SSSR count). The van der Waals surface area contributed by atoms with Gasteiger partial charge >= 0.3 is 11.9 Å². The summed E-state index contributed by atoms with van der Waals surface area (Å²) >= 11 is 0. The quantitative estimate of drug-likeness (QED) is 0.0195. The molecule has 9 nitrogen and oxygen atoms in total. The number of quaternary nitrogens is 1. The number of carbonyl (C=O) groups is 2. The molecular weight excluding hydrogens is 1180 g/mol. The summed E-state index contributed by atoms with van der Waals surface area (Å²) in [5, 5.41) is 0. The number of ether oxygens (including phenoxy) is 2. The van der Waals surface area contributed by atoms with Gasteiger partial charge in [0.15, 0.2) is 6.10 Å². The number of nitrogens with zero attached hydrogens (tertiary/aromatic N) is 1. The average molecular weight is 1310 g/mol. The Kier molecular flexibility index (Phi) is 67.3. The van der Waals surface area contributed by atoms with Crippen molar-refractivity contribution in [3.8, 4) is 0 Å². The molecule has 0 aromatic rings. The van der Waals surface area contributed by atoms with Gasteiger partial charge < -0.3 is 27.9 Å². The number of allylic oxidation sites excluding steroid dienone is 36. The van der Waals surface area contributed by atoms with Crippen LogP contribution in [0.25, 0.3) is 0 Å². The van der Waals surface area contributed by atoms with Gasteiger partial charge in [0, 0.05) is 12.8 Å². The highest BCUT2D eigenvalue weighted by molar-refractivity contribution is 7.45. The molecular formula is C84H132NO8P. The van der Waals surface area contributed by atoms with E-state index in [1.54, 1.807) is 0 Å². The van der Waals surface area contributed by atoms with Gasteiger partial charge in [-0.3, -0.25) is 14.2 Å². The van der Waals surface area contributed by atoms with Gasteiger partial charge in [-0.1, -0.05) is 297 Å². The standard InChI is InChI=1S/C84H132NO8P/c1-6-8-10-12-14-16-18-20-22-24-26-28-30-32-34-36-38-40-41-42-43-45-47-49-51-53-55-57-59-61-63-65-67-69-71-73-75-77-84(87)93-82(81-92-94(88,89)91-79-78-85(3,4)5)80-90-83(86)76-74-72-70-68-66-64-62-60-58-56-54-52-50-48-46-44-39-37-35-33-31-29-27-25-23-21-19-17-15-13-11-9-7-2/h8-11,14-17,20-23,26-29,32-35,38-40,42-44,47-50,53-56,59,61,82H,6-7,12-13,18-19,24-25,30-31,36-37,41,45-46,51-52,57-58,60,62-81H2,1-5H3/b10-8-,11-9-,16-14-,17-15-,22-20-,23-21-,28-26-,29-27-,34-32-,35-33-,40-38-,43-42-,44-39-,49-47-,50-48-,55-53-,56-54-,61-59-. The van der Waals surface area contributed by atoms with Crippen molar-refractivity contribution >= 4 is 19.8 Å². The fourth-order valence-electron chi connectivity index (χ4n) is 8.99. The van der Waals surface area contributed by atoms with Gasteiger partial charge in [-0.15, -0.1) is 0 Å². The molecule has 0 radical (unpaired) electrons. The number of carbonyl (C=O) groups excluding carboxylic acids is 2. The SMILES string of the molecule is CC/C=C\C/C=C\C/C=C\C/C=C\C/C=C\C/C=C\C/C=C\C/C=C\C/C=C\C/C=C\CCCCCCCCC(=O)OC(COC(=O)CCCCCCCCCC/C=C\C/C=C\C/C=C\C/C=C\C/C=C\C/C=C\C/C=C\C/C=C\CC)COP(=O)([O-])OCC[N+](C)(C)C. The van der Waals surface area contributed by atoms with E-state index in [-0.39, 0.29) is 26.1 Å². The molecule has 2 atom stereocenters. The van der Waals surface area contributed by atoms with Crippen LogP contribution >= 0.6 is 7.82 Å². The number of esters is 2. The first-order valence-corrected chi connectivity index (χ1v) is 37.9. The van der Waals surface area contributed by atoms with Crippen LogP contribution in [0.3, 0.4) is 0 Å². The lowest BCUT2D eigenvalue weighted by molar-refractivity contribution is -0.870. The molecule has 0 spiro atoms. The Bertz CT molecular complexity index is 2390. The van der Waals surface area contributed by atoms with E-state index in [0.717, 1.165) is 180 Å². The molecule has 526 valence electrons. The molecule has 0 aliphatic heterocycles. The molecule has 0 bridgehead atoms. The van der Waals surface area contributed by atoms with Crippen LogP contribution < -0.4 is 4.89 Å². The summed E-state index contributed by atoms with van der Waals surface area (Å²) < 4.78 is 34.3. The van der Waals surface area contributed by atoms with Gasteiger partial charge in [0.05, 0.1) is 27.7 Å². The molecule has 0 amide bonds. The van der Waals surface area contributed by atoms with E-state index >= 15 is 0 Å². The summed E-state index contributed by atoms with van der Waals surface area (Å²) in [5.41, 5.74) is 0. The maximum atomic E-state index is 12.9. The van der Waals surface area contributed by atoms with Crippen LogP contribution in [0.2, 0.25) is 0 Å². The maximum absolute atomic E-state index is 12.9. The topological polar surface area (TPSA) is 111 Å². The minimum atomic E-state index is -4.67. The first kappa shape index (κ1) is 88.3. The van der Waals surface area contributed by atoms with Crippen LogP contribution in [0.1, 0.15) is 245 Å². The van der Waals surface area contributed by atoms with Crippen LogP contribution in [0.4, 0.5) is 0 Å². The van der Waals surface area contributed by atoms with Crippen LogP contribution in [-0.4, -0.2) is 70.0 Å². The van der Waals surface area contributed by atoms with Gasteiger partial charge in [-0.05, 0) is 154 Å². The first-order valence-electron chi connectivity index (χ1n) is 36.4. The summed E-state index contributed by atoms with van der Waals surface area (Å²) in [6, 6.07) is 0. The molecule has 0 aliphatic rings. The number of phosphoric acid groups is 1. The molecule has 2 unspecified atom stereocenters. The Labute approximate surface area is 576 Å². The van der Waals surface area contributed by atoms with Crippen molar-refractivity contribution < 1.29 is 42.1 Å². The van der Waals surface area contributed by atoms with Gasteiger partial charge in [0.25, 0.3) is 7.82 Å². The number of phosphoric ester groups is 1. The van der Waals surface area contributed by atoms with Crippen LogP contribution in [0.15, 0.2) is 219 Å². The number of unbranched alkanes of at least 4 members (excludes halogenated alkanes) is 14. The Balaban J connectivity index is 4.20. The monoisotopic (exact) mass is 1310 g/mol. The highest BCUT2D eigenvalue weighted by Crippen LogP contribution is 2.38. The van der Waals surface area contributed by atoms with E-state index in [4.69, 9.17) is 18.5 Å². The molecule has 10 heteroatoms. The summed E-state index contributed by atoms with van der Waals surface area (Å²) in [6.07, 6.45) is 114. The van der Waals surface area contributed by atoms with E-state index in [2.05, 4.69) is 233 Å². The van der Waals surface area contributed by atoms with Crippen molar-refractivity contribution in [2.75, 3.05) is 47.5 Å². The second-order valence-corrected chi connectivity index (χ2v) is 25.9. The zero-order valence-electron chi connectivity index (χ0n) is 59.8. The van der Waals surface area contributed by atoms with Crippen molar-refractivity contribution in [2.45, 2.75) is 251 Å². The highest BCUT2D eigenvalue weighted by Gasteiger charge is 2.22. The van der Waals surface area contributed by atoms with E-state index < -0.39 is 32.5 Å². The summed E-state index contributed by atoms with van der Waals surface area (Å²) in [6.45, 7) is 3.96. The van der Waals surface area contributed by atoms with E-state index in [0.29, 0.717) is 23.9 Å². The predicted octanol–water partition coefficient (Wildman–Crippen LogP) is 23.7. The second kappa shape index (κ2) is 71.6. The lowest BCUT2D eigenvalue weighted by Crippen LogP contribution is -2.37. The summed E-state index contributed by atoms with van der Waals surface area (Å²) in [4.78, 5) is 38.1. The third-order valence-electron chi connectivity index (χ3n) is 14.5. The molecule has 0 saturated carbocycles.